The molecule has 0 aliphatic heterocycles. The number of carbonyl (C=O) groups is 1. The van der Waals surface area contributed by atoms with Crippen molar-refractivity contribution < 1.29 is 27.5 Å². The van der Waals surface area contributed by atoms with Gasteiger partial charge < -0.3 is 10.4 Å². The number of carboxylic acids is 1. The molecule has 2 N–H and O–H groups in total. The minimum Gasteiger partial charge on any atom is -0.481 e. The zero-order valence-electron chi connectivity index (χ0n) is 10.1. The fourth-order valence-corrected chi connectivity index (χ4v) is 1.71. The molecule has 0 saturated heterocycles. The van der Waals surface area contributed by atoms with E-state index in [9.17, 15) is 22.4 Å². The largest absolute Gasteiger partial charge is 0.481 e. The monoisotopic (exact) mass is 279 g/mol. The van der Waals surface area contributed by atoms with Crippen LogP contribution in [0, 0.1) is 5.82 Å². The molecular formula is C12H13F4NO2. The minimum absolute atomic E-state index is 0.0309. The highest BCUT2D eigenvalue weighted by atomic mass is 19.4. The maximum absolute atomic E-state index is 13.2. The number of hydrogen-bond acceptors (Lipinski definition) is 2. The zero-order chi connectivity index (χ0) is 14.6. The number of carboxylic acid groups (broad SMARTS) is 1. The number of halogens is 4. The Labute approximate surface area is 107 Å². The predicted molar refractivity (Wildman–Crippen MR) is 60.1 cm³/mol. The third kappa shape index (κ3) is 4.51. The van der Waals surface area contributed by atoms with Crippen molar-refractivity contribution >= 4 is 5.97 Å². The summed E-state index contributed by atoms with van der Waals surface area (Å²) >= 11 is 0. The summed E-state index contributed by atoms with van der Waals surface area (Å²) in [6, 6.07) is 1.19. The van der Waals surface area contributed by atoms with Crippen LogP contribution in [-0.2, 0) is 11.0 Å². The third-order valence-electron chi connectivity index (χ3n) is 2.48. The van der Waals surface area contributed by atoms with Gasteiger partial charge in [-0.15, -0.1) is 0 Å². The van der Waals surface area contributed by atoms with E-state index in [1.165, 1.54) is 0 Å². The van der Waals surface area contributed by atoms with Gasteiger partial charge in [0.2, 0.25) is 0 Å². The summed E-state index contributed by atoms with van der Waals surface area (Å²) in [5.74, 6) is -2.22. The SMILES string of the molecule is CCNC(CC(=O)O)c1cc(F)cc(C(F)(F)F)c1. The summed E-state index contributed by atoms with van der Waals surface area (Å²) in [7, 11) is 0. The van der Waals surface area contributed by atoms with Gasteiger partial charge in [-0.05, 0) is 30.3 Å². The first kappa shape index (κ1) is 15.4. The quantitative estimate of drug-likeness (QED) is 0.815. The van der Waals surface area contributed by atoms with Crippen molar-refractivity contribution in [3.05, 3.63) is 35.1 Å². The van der Waals surface area contributed by atoms with E-state index in [4.69, 9.17) is 5.11 Å². The van der Waals surface area contributed by atoms with Crippen LogP contribution in [-0.4, -0.2) is 17.6 Å². The lowest BCUT2D eigenvalue weighted by molar-refractivity contribution is -0.138. The van der Waals surface area contributed by atoms with Gasteiger partial charge in [0.25, 0.3) is 0 Å². The van der Waals surface area contributed by atoms with E-state index < -0.39 is 36.0 Å². The lowest BCUT2D eigenvalue weighted by Gasteiger charge is -2.18. The standard InChI is InChI=1S/C12H13F4NO2/c1-2-17-10(6-11(18)19)7-3-8(12(14,15)16)5-9(13)4-7/h3-5,10,17H,2,6H2,1H3,(H,18,19). The molecule has 0 aliphatic rings. The highest BCUT2D eigenvalue weighted by Gasteiger charge is 2.32. The second-order valence-corrected chi connectivity index (χ2v) is 3.98. The van der Waals surface area contributed by atoms with Crippen LogP contribution in [0.3, 0.4) is 0 Å². The molecule has 0 heterocycles. The number of hydrogen-bond donors (Lipinski definition) is 2. The Bertz CT molecular complexity index is 460. The Morgan fingerprint density at radius 1 is 1.37 bits per heavy atom. The van der Waals surface area contributed by atoms with Gasteiger partial charge >= 0.3 is 12.1 Å². The summed E-state index contributed by atoms with van der Waals surface area (Å²) in [4.78, 5) is 10.7. The molecule has 1 aromatic rings. The highest BCUT2D eigenvalue weighted by molar-refractivity contribution is 5.68. The van der Waals surface area contributed by atoms with Crippen LogP contribution in [0.15, 0.2) is 18.2 Å². The van der Waals surface area contributed by atoms with Crippen LogP contribution in [0.1, 0.15) is 30.5 Å². The van der Waals surface area contributed by atoms with E-state index in [1.54, 1.807) is 6.92 Å². The average molecular weight is 279 g/mol. The normalized spacial score (nSPS) is 13.3. The number of aliphatic carboxylic acids is 1. The molecule has 1 unspecified atom stereocenters. The molecule has 0 saturated carbocycles. The molecule has 3 nitrogen and oxygen atoms in total. The first-order chi connectivity index (χ1) is 8.74. The molecule has 1 rings (SSSR count). The number of nitrogens with one attached hydrogen (secondary N) is 1. The van der Waals surface area contributed by atoms with Crippen LogP contribution in [0.4, 0.5) is 17.6 Å². The van der Waals surface area contributed by atoms with Gasteiger partial charge in [-0.3, -0.25) is 4.79 Å². The Balaban J connectivity index is 3.15. The Morgan fingerprint density at radius 2 is 2.00 bits per heavy atom. The number of rotatable bonds is 5. The third-order valence-corrected chi connectivity index (χ3v) is 2.48. The summed E-state index contributed by atoms with van der Waals surface area (Å²) in [5, 5.41) is 11.4. The van der Waals surface area contributed by atoms with Crippen molar-refractivity contribution in [1.82, 2.24) is 5.32 Å². The topological polar surface area (TPSA) is 49.3 Å². The molecule has 0 aliphatic carbocycles. The van der Waals surface area contributed by atoms with Gasteiger partial charge in [-0.2, -0.15) is 13.2 Å². The molecule has 0 spiro atoms. The van der Waals surface area contributed by atoms with Crippen LogP contribution < -0.4 is 5.32 Å². The molecule has 0 fully saturated rings. The molecule has 1 aromatic carbocycles. The molecule has 19 heavy (non-hydrogen) atoms. The van der Waals surface area contributed by atoms with E-state index in [-0.39, 0.29) is 5.56 Å². The van der Waals surface area contributed by atoms with Gasteiger partial charge in [0.05, 0.1) is 12.0 Å². The summed E-state index contributed by atoms with van der Waals surface area (Å²) < 4.78 is 50.9. The maximum atomic E-state index is 13.2. The number of benzene rings is 1. The van der Waals surface area contributed by atoms with Crippen molar-refractivity contribution in [3.63, 3.8) is 0 Å². The van der Waals surface area contributed by atoms with Crippen LogP contribution >= 0.6 is 0 Å². The fraction of sp³-hybridized carbons (Fsp3) is 0.417. The maximum Gasteiger partial charge on any atom is 0.416 e. The Morgan fingerprint density at radius 3 is 2.47 bits per heavy atom. The molecule has 0 amide bonds. The molecule has 1 atom stereocenters. The van der Waals surface area contributed by atoms with Crippen molar-refractivity contribution in [2.45, 2.75) is 25.6 Å². The smallest absolute Gasteiger partial charge is 0.416 e. The van der Waals surface area contributed by atoms with Gasteiger partial charge in [-0.1, -0.05) is 6.92 Å². The number of alkyl halides is 3. The first-order valence-corrected chi connectivity index (χ1v) is 5.57. The van der Waals surface area contributed by atoms with Crippen LogP contribution in [0.25, 0.3) is 0 Å². The van der Waals surface area contributed by atoms with E-state index >= 15 is 0 Å². The molecule has 7 heteroatoms. The molecule has 0 radical (unpaired) electrons. The van der Waals surface area contributed by atoms with Crippen molar-refractivity contribution in [3.8, 4) is 0 Å². The second kappa shape index (κ2) is 6.01. The lowest BCUT2D eigenvalue weighted by Crippen LogP contribution is -2.24. The van der Waals surface area contributed by atoms with Crippen LogP contribution in [0.5, 0.6) is 0 Å². The lowest BCUT2D eigenvalue weighted by atomic mass is 10.0. The summed E-state index contributed by atoms with van der Waals surface area (Å²) in [5.41, 5.74) is -1.16. The predicted octanol–water partition coefficient (Wildman–Crippen LogP) is 2.97. The van der Waals surface area contributed by atoms with Crippen molar-refractivity contribution in [1.29, 1.82) is 0 Å². The molecular weight excluding hydrogens is 266 g/mol. The van der Waals surface area contributed by atoms with Gasteiger partial charge in [0.15, 0.2) is 0 Å². The minimum atomic E-state index is -4.67. The molecule has 0 aromatic heterocycles. The summed E-state index contributed by atoms with van der Waals surface area (Å²) in [6.07, 6.45) is -5.09. The average Bonchev–Trinajstić information content (AvgIpc) is 2.26. The van der Waals surface area contributed by atoms with Crippen LogP contribution in [0.2, 0.25) is 0 Å². The van der Waals surface area contributed by atoms with Gasteiger partial charge in [-0.25, -0.2) is 4.39 Å². The highest BCUT2D eigenvalue weighted by Crippen LogP contribution is 2.32. The molecule has 0 bridgehead atoms. The van der Waals surface area contributed by atoms with Crippen molar-refractivity contribution in [2.24, 2.45) is 0 Å². The second-order valence-electron chi connectivity index (χ2n) is 3.98. The van der Waals surface area contributed by atoms with E-state index in [1.807, 2.05) is 0 Å². The Kier molecular flexibility index (Phi) is 4.88. The van der Waals surface area contributed by atoms with E-state index in [0.717, 1.165) is 12.1 Å². The van der Waals surface area contributed by atoms with Gasteiger partial charge in [0.1, 0.15) is 5.82 Å². The van der Waals surface area contributed by atoms with Crippen molar-refractivity contribution in [2.75, 3.05) is 6.54 Å². The zero-order valence-corrected chi connectivity index (χ0v) is 10.1. The van der Waals surface area contributed by atoms with Gasteiger partial charge in [0, 0.05) is 6.04 Å². The Hall–Kier alpha value is -1.63. The fourth-order valence-electron chi connectivity index (χ4n) is 1.71. The van der Waals surface area contributed by atoms with E-state index in [2.05, 4.69) is 5.32 Å². The molecule has 106 valence electrons. The van der Waals surface area contributed by atoms with E-state index in [0.29, 0.717) is 12.6 Å². The summed E-state index contributed by atoms with van der Waals surface area (Å²) in [6.45, 7) is 2.04. The first-order valence-electron chi connectivity index (χ1n) is 5.57.